The molecule has 2 aliphatic heterocycles. The maximum absolute atomic E-state index is 10.6. The second-order valence-electron chi connectivity index (χ2n) is 8.50. The number of nitrogens with zero attached hydrogens (tertiary/aromatic N) is 3. The highest BCUT2D eigenvalue weighted by Gasteiger charge is 2.45. The second kappa shape index (κ2) is 13.4. The van der Waals surface area contributed by atoms with Crippen LogP contribution in [0.15, 0.2) is 28.2 Å². The van der Waals surface area contributed by atoms with Crippen LogP contribution in [0.4, 0.5) is 26.3 Å². The van der Waals surface area contributed by atoms with Gasteiger partial charge in [0.2, 0.25) is 0 Å². The molecule has 4 heterocycles. The van der Waals surface area contributed by atoms with E-state index in [2.05, 4.69) is 34.1 Å². The molecule has 4 rings (SSSR count). The number of carbonyl (C=O) groups is 2. The number of alkyl halides is 6. The van der Waals surface area contributed by atoms with Crippen molar-refractivity contribution in [2.45, 2.75) is 63.4 Å². The van der Waals surface area contributed by atoms with E-state index in [1.54, 1.807) is 17.6 Å². The first-order chi connectivity index (χ1) is 17.6. The molecular weight excluding hydrogens is 548 g/mol. The average molecular weight is 576 g/mol. The molecule has 0 aliphatic carbocycles. The van der Waals surface area contributed by atoms with Crippen molar-refractivity contribution >= 4 is 23.3 Å². The van der Waals surface area contributed by atoms with Crippen LogP contribution in [0.5, 0.6) is 0 Å². The van der Waals surface area contributed by atoms with E-state index >= 15 is 0 Å². The Balaban J connectivity index is 0.000000301. The van der Waals surface area contributed by atoms with Gasteiger partial charge < -0.3 is 19.4 Å². The molecule has 38 heavy (non-hydrogen) atoms. The Kier molecular flexibility index (Phi) is 11.1. The monoisotopic (exact) mass is 575 g/mol. The summed E-state index contributed by atoms with van der Waals surface area (Å²) in [6.07, 6.45) is -5.76. The van der Waals surface area contributed by atoms with Gasteiger partial charge in [-0.25, -0.2) is 14.6 Å². The number of furan rings is 1. The minimum absolute atomic E-state index is 0.290. The lowest BCUT2D eigenvalue weighted by atomic mass is 10.00. The van der Waals surface area contributed by atoms with Crippen LogP contribution in [0, 0.1) is 6.92 Å². The van der Waals surface area contributed by atoms with E-state index in [0.717, 1.165) is 43.4 Å². The first-order valence-electron chi connectivity index (χ1n) is 11.2. The van der Waals surface area contributed by atoms with Gasteiger partial charge in [0.15, 0.2) is 0 Å². The SMILES string of the molecule is Cc1nc(CN2C[C@@H](N(C)Cc3ccco3)[C@H]3OCCC[C@H]32)cs1.O=C(O)C(F)(F)F.O=C(O)C(F)(F)F. The molecule has 0 saturated carbocycles. The molecule has 2 aliphatic rings. The molecule has 2 fully saturated rings. The van der Waals surface area contributed by atoms with E-state index in [0.29, 0.717) is 18.2 Å². The number of fused-ring (bicyclic) bond motifs is 1. The van der Waals surface area contributed by atoms with Crippen LogP contribution in [-0.2, 0) is 27.4 Å². The maximum Gasteiger partial charge on any atom is 0.490 e. The molecule has 0 spiro atoms. The quantitative estimate of drug-likeness (QED) is 0.507. The van der Waals surface area contributed by atoms with E-state index in [-0.39, 0.29) is 0 Å². The fourth-order valence-corrected chi connectivity index (χ4v) is 4.65. The van der Waals surface area contributed by atoms with Crippen molar-refractivity contribution < 1.29 is 55.3 Å². The van der Waals surface area contributed by atoms with Crippen LogP contribution < -0.4 is 0 Å². The topological polar surface area (TPSA) is 116 Å². The van der Waals surface area contributed by atoms with Crippen molar-refractivity contribution in [3.8, 4) is 0 Å². The third kappa shape index (κ3) is 9.56. The highest BCUT2D eigenvalue weighted by molar-refractivity contribution is 7.09. The first-order valence-corrected chi connectivity index (χ1v) is 12.1. The van der Waals surface area contributed by atoms with Crippen molar-refractivity contribution in [3.63, 3.8) is 0 Å². The van der Waals surface area contributed by atoms with Gasteiger partial charge >= 0.3 is 24.3 Å². The van der Waals surface area contributed by atoms with Crippen molar-refractivity contribution in [2.24, 2.45) is 0 Å². The zero-order valence-corrected chi connectivity index (χ0v) is 21.1. The van der Waals surface area contributed by atoms with E-state index in [9.17, 15) is 26.3 Å². The molecule has 0 bridgehead atoms. The summed E-state index contributed by atoms with van der Waals surface area (Å²) in [5.41, 5.74) is 1.19. The number of thiazole rings is 1. The van der Waals surface area contributed by atoms with Gasteiger partial charge in [-0.1, -0.05) is 0 Å². The van der Waals surface area contributed by atoms with Crippen molar-refractivity contribution in [2.75, 3.05) is 20.2 Å². The summed E-state index contributed by atoms with van der Waals surface area (Å²) in [6.45, 7) is 5.75. The molecular formula is C22H27F6N3O6S. The van der Waals surface area contributed by atoms with Crippen LogP contribution in [0.2, 0.25) is 0 Å². The van der Waals surface area contributed by atoms with Gasteiger partial charge in [0.05, 0.1) is 35.7 Å². The minimum Gasteiger partial charge on any atom is -0.475 e. The lowest BCUT2D eigenvalue weighted by molar-refractivity contribution is -0.193. The number of carboxylic acid groups (broad SMARTS) is 2. The summed E-state index contributed by atoms with van der Waals surface area (Å²) >= 11 is 1.74. The number of likely N-dealkylation sites (tertiary alicyclic amines) is 1. The number of rotatable bonds is 5. The maximum atomic E-state index is 10.6. The summed E-state index contributed by atoms with van der Waals surface area (Å²) < 4.78 is 75.2. The summed E-state index contributed by atoms with van der Waals surface area (Å²) in [4.78, 5) is 27.4. The average Bonchev–Trinajstić information content (AvgIpc) is 3.55. The van der Waals surface area contributed by atoms with Crippen LogP contribution in [0.25, 0.3) is 0 Å². The van der Waals surface area contributed by atoms with Crippen LogP contribution in [0.1, 0.15) is 29.3 Å². The third-order valence-corrected chi connectivity index (χ3v) is 6.49. The summed E-state index contributed by atoms with van der Waals surface area (Å²) in [6, 6.07) is 4.90. The zero-order valence-electron chi connectivity index (χ0n) is 20.3. The predicted molar refractivity (Wildman–Crippen MR) is 121 cm³/mol. The van der Waals surface area contributed by atoms with Crippen LogP contribution in [0.3, 0.4) is 0 Å². The predicted octanol–water partition coefficient (Wildman–Crippen LogP) is 4.17. The normalized spacial score (nSPS) is 21.7. The summed E-state index contributed by atoms with van der Waals surface area (Å²) in [5, 5.41) is 17.6. The Morgan fingerprint density at radius 1 is 1.18 bits per heavy atom. The summed E-state index contributed by atoms with van der Waals surface area (Å²) in [5.74, 6) is -4.50. The molecule has 9 nitrogen and oxygen atoms in total. The van der Waals surface area contributed by atoms with E-state index < -0.39 is 24.3 Å². The van der Waals surface area contributed by atoms with E-state index in [4.69, 9.17) is 29.0 Å². The lowest BCUT2D eigenvalue weighted by Crippen LogP contribution is -2.46. The van der Waals surface area contributed by atoms with Crippen molar-refractivity contribution in [1.82, 2.24) is 14.8 Å². The number of ether oxygens (including phenoxy) is 1. The van der Waals surface area contributed by atoms with E-state index in [1.807, 2.05) is 12.1 Å². The number of hydrogen-bond acceptors (Lipinski definition) is 8. The Morgan fingerprint density at radius 2 is 1.79 bits per heavy atom. The zero-order chi connectivity index (χ0) is 28.7. The molecule has 2 N–H and O–H groups in total. The first kappa shape index (κ1) is 31.5. The van der Waals surface area contributed by atoms with Gasteiger partial charge in [-0.05, 0) is 38.9 Å². The highest BCUT2D eigenvalue weighted by atomic mass is 32.1. The van der Waals surface area contributed by atoms with Gasteiger partial charge in [-0.15, -0.1) is 11.3 Å². The Bertz CT molecular complexity index is 1010. The summed E-state index contributed by atoms with van der Waals surface area (Å²) in [7, 11) is 2.18. The van der Waals surface area contributed by atoms with Gasteiger partial charge in [-0.2, -0.15) is 26.3 Å². The van der Waals surface area contributed by atoms with Gasteiger partial charge in [0.25, 0.3) is 0 Å². The number of halogens is 6. The van der Waals surface area contributed by atoms with Crippen molar-refractivity contribution in [3.05, 3.63) is 40.2 Å². The highest BCUT2D eigenvalue weighted by Crippen LogP contribution is 2.33. The number of likely N-dealkylation sites (N-methyl/N-ethyl adjacent to an activating group) is 1. The van der Waals surface area contributed by atoms with Gasteiger partial charge in [0, 0.05) is 31.1 Å². The van der Waals surface area contributed by atoms with Gasteiger partial charge in [0.1, 0.15) is 5.76 Å². The Hall–Kier alpha value is -2.69. The molecule has 0 unspecified atom stereocenters. The molecule has 2 aromatic rings. The fraction of sp³-hybridized carbons (Fsp3) is 0.591. The number of aryl methyl sites for hydroxylation is 1. The number of aliphatic carboxylic acids is 2. The molecule has 0 amide bonds. The molecule has 0 radical (unpaired) electrons. The van der Waals surface area contributed by atoms with Crippen LogP contribution >= 0.6 is 11.3 Å². The fourth-order valence-electron chi connectivity index (χ4n) is 4.05. The number of hydrogen-bond donors (Lipinski definition) is 2. The molecule has 2 aromatic heterocycles. The molecule has 16 heteroatoms. The molecule has 214 valence electrons. The molecule has 0 aromatic carbocycles. The van der Waals surface area contributed by atoms with Gasteiger partial charge in [-0.3, -0.25) is 9.80 Å². The second-order valence-corrected chi connectivity index (χ2v) is 9.56. The number of aromatic nitrogens is 1. The molecule has 2 saturated heterocycles. The third-order valence-electron chi connectivity index (χ3n) is 5.67. The molecule has 3 atom stereocenters. The smallest absolute Gasteiger partial charge is 0.475 e. The van der Waals surface area contributed by atoms with E-state index in [1.165, 1.54) is 12.1 Å². The Morgan fingerprint density at radius 3 is 2.26 bits per heavy atom. The minimum atomic E-state index is -5.08. The largest absolute Gasteiger partial charge is 0.490 e. The van der Waals surface area contributed by atoms with Crippen LogP contribution in [-0.4, -0.2) is 87.7 Å². The standard InChI is InChI=1S/C18H25N3O2S.2C2HF3O2/c1-13-19-14(12-24-13)9-21-11-17(18-16(21)6-4-8-23-18)20(2)10-15-5-3-7-22-15;2*3-2(4,5)1(6)7/h3,5,7,12,16-18H,4,6,8-11H2,1-2H3;2*(H,6,7)/t16-,17-,18+;;/m1../s1. The lowest BCUT2D eigenvalue weighted by Gasteiger charge is -2.34. The van der Waals surface area contributed by atoms with Crippen molar-refractivity contribution in [1.29, 1.82) is 0 Å². The number of carboxylic acids is 2. The Labute approximate surface area is 217 Å².